The van der Waals surface area contributed by atoms with Crippen LogP contribution in [0.1, 0.15) is 18.1 Å². The molecule has 0 saturated heterocycles. The molecule has 9 heteroatoms. The molecule has 110 valence electrons. The summed E-state index contributed by atoms with van der Waals surface area (Å²) in [6.07, 6.45) is -4.83. The molecule has 5 nitrogen and oxygen atoms in total. The first-order chi connectivity index (χ1) is 8.82. The lowest BCUT2D eigenvalue weighted by molar-refractivity contribution is -0.139. The second-order valence-corrected chi connectivity index (χ2v) is 4.48. The van der Waals surface area contributed by atoms with E-state index in [2.05, 4.69) is 0 Å². The summed E-state index contributed by atoms with van der Waals surface area (Å²) in [6.45, 7) is 0.946. The van der Waals surface area contributed by atoms with E-state index in [-0.39, 0.29) is 0 Å². The molecule has 0 bridgehead atoms. The summed E-state index contributed by atoms with van der Waals surface area (Å²) in [5.41, 5.74) is -1.62. The lowest BCUT2D eigenvalue weighted by atomic mass is 9.68. The monoisotopic (exact) mass is 291 g/mol. The normalized spacial score (nSPS) is 18.2. The van der Waals surface area contributed by atoms with Gasteiger partial charge in [0.05, 0.1) is 12.6 Å². The van der Waals surface area contributed by atoms with Crippen LogP contribution < -0.4 is 10.5 Å². The molecule has 5 N–H and O–H groups in total. The predicted molar refractivity (Wildman–Crippen MR) is 64.1 cm³/mol. The van der Waals surface area contributed by atoms with E-state index in [1.807, 2.05) is 0 Å². The van der Waals surface area contributed by atoms with Gasteiger partial charge in [-0.25, -0.2) is 0 Å². The number of aromatic hydroxyl groups is 1. The summed E-state index contributed by atoms with van der Waals surface area (Å²) in [5, 5.41) is 29.0. The molecule has 1 aromatic carbocycles. The number of hydrogen-bond acceptors (Lipinski definition) is 5. The maximum Gasteiger partial charge on any atom is 0.420 e. The van der Waals surface area contributed by atoms with Crippen molar-refractivity contribution in [3.05, 3.63) is 23.3 Å². The van der Waals surface area contributed by atoms with E-state index in [1.54, 1.807) is 0 Å². The van der Waals surface area contributed by atoms with Gasteiger partial charge in [0, 0.05) is 5.56 Å². The molecule has 0 aromatic heterocycles. The average molecular weight is 291 g/mol. The number of benzene rings is 1. The summed E-state index contributed by atoms with van der Waals surface area (Å²) in [7, 11) is 6.47. The number of rotatable bonds is 3. The van der Waals surface area contributed by atoms with Crippen molar-refractivity contribution in [3.63, 3.8) is 0 Å². The minimum Gasteiger partial charge on any atom is -0.507 e. The van der Waals surface area contributed by atoms with Crippen LogP contribution >= 0.6 is 0 Å². The van der Waals surface area contributed by atoms with Gasteiger partial charge < -0.3 is 25.8 Å². The zero-order valence-corrected chi connectivity index (χ0v) is 10.7. The second kappa shape index (κ2) is 4.83. The summed E-state index contributed by atoms with van der Waals surface area (Å²) in [5.74, 6) is -1.66. The minimum absolute atomic E-state index is 0.453. The highest BCUT2D eigenvalue weighted by atomic mass is 19.4. The topological polar surface area (TPSA) is 95.9 Å². The molecule has 2 atom stereocenters. The van der Waals surface area contributed by atoms with Crippen LogP contribution in [0.2, 0.25) is 0 Å². The lowest BCUT2D eigenvalue weighted by Gasteiger charge is -2.37. The van der Waals surface area contributed by atoms with Crippen molar-refractivity contribution in [1.82, 2.24) is 0 Å². The van der Waals surface area contributed by atoms with Crippen LogP contribution in [0.25, 0.3) is 0 Å². The van der Waals surface area contributed by atoms with E-state index in [0.717, 1.165) is 14.0 Å². The molecule has 1 aromatic rings. The highest BCUT2D eigenvalue weighted by Gasteiger charge is 2.43. The maximum absolute atomic E-state index is 12.6. The van der Waals surface area contributed by atoms with Gasteiger partial charge in [-0.1, -0.05) is 0 Å². The van der Waals surface area contributed by atoms with Gasteiger partial charge in [0.15, 0.2) is 0 Å². The van der Waals surface area contributed by atoms with Crippen molar-refractivity contribution in [2.24, 2.45) is 5.73 Å². The number of methoxy groups -OCH3 is 1. The van der Waals surface area contributed by atoms with Gasteiger partial charge >= 0.3 is 6.18 Å². The van der Waals surface area contributed by atoms with Crippen molar-refractivity contribution < 1.29 is 33.2 Å². The fourth-order valence-corrected chi connectivity index (χ4v) is 1.53. The van der Waals surface area contributed by atoms with Gasteiger partial charge in [0.1, 0.15) is 30.6 Å². The largest absolute Gasteiger partial charge is 0.507 e. The zero-order chi connectivity index (χ0) is 15.9. The zero-order valence-electron chi connectivity index (χ0n) is 10.7. The third-order valence-corrected chi connectivity index (χ3v) is 2.81. The van der Waals surface area contributed by atoms with Crippen LogP contribution in [0.15, 0.2) is 12.1 Å². The number of alkyl halides is 3. The average Bonchev–Trinajstić information content (AvgIpc) is 2.25. The number of hydrogen-bond donors (Lipinski definition) is 4. The van der Waals surface area contributed by atoms with Gasteiger partial charge in [0.25, 0.3) is 0 Å². The lowest BCUT2D eigenvalue weighted by Crippen LogP contribution is -2.57. The van der Waals surface area contributed by atoms with Crippen LogP contribution in [-0.2, 0) is 11.7 Å². The van der Waals surface area contributed by atoms with Crippen molar-refractivity contribution in [2.75, 3.05) is 7.11 Å². The van der Waals surface area contributed by atoms with Gasteiger partial charge in [-0.15, -0.1) is 0 Å². The molecule has 0 fully saturated rings. The molecule has 2 radical (unpaired) electrons. The highest BCUT2D eigenvalue weighted by molar-refractivity contribution is 6.15. The standard InChI is InChI=1S/C11H13BF3NO4/c1-9(16,18)10(12,19)6-3-7(17)5(11(13,14)15)4-8(6)20-2/h3-4,17-19H,16H2,1-2H3. The number of aliphatic hydroxyl groups is 2. The molecule has 1 rings (SSSR count). The Labute approximate surface area is 114 Å². The highest BCUT2D eigenvalue weighted by Crippen LogP contribution is 2.43. The molecular formula is C11H13BF3NO4. The number of phenols is 1. The van der Waals surface area contributed by atoms with Crippen LogP contribution in [0.3, 0.4) is 0 Å². The van der Waals surface area contributed by atoms with E-state index in [9.17, 15) is 28.5 Å². The van der Waals surface area contributed by atoms with Gasteiger partial charge in [-0.3, -0.25) is 0 Å². The van der Waals surface area contributed by atoms with Crippen molar-refractivity contribution in [3.8, 4) is 11.5 Å². The Morgan fingerprint density at radius 1 is 1.20 bits per heavy atom. The summed E-state index contributed by atoms with van der Waals surface area (Å²) in [6, 6.07) is 0.997. The first kappa shape index (κ1) is 16.6. The van der Waals surface area contributed by atoms with Crippen LogP contribution in [0.4, 0.5) is 13.2 Å². The summed E-state index contributed by atoms with van der Waals surface area (Å²) < 4.78 is 42.6. The Balaban J connectivity index is 3.56. The Morgan fingerprint density at radius 3 is 2.05 bits per heavy atom. The molecule has 0 amide bonds. The molecule has 0 saturated carbocycles. The Bertz CT molecular complexity index is 512. The van der Waals surface area contributed by atoms with E-state index in [0.29, 0.717) is 12.1 Å². The Kier molecular flexibility index (Phi) is 4.01. The second-order valence-electron chi connectivity index (χ2n) is 4.48. The van der Waals surface area contributed by atoms with E-state index in [4.69, 9.17) is 18.3 Å². The fourth-order valence-electron chi connectivity index (χ4n) is 1.53. The number of halogens is 3. The quantitative estimate of drug-likeness (QED) is 0.477. The van der Waals surface area contributed by atoms with E-state index in [1.165, 1.54) is 0 Å². The van der Waals surface area contributed by atoms with Crippen molar-refractivity contribution in [1.29, 1.82) is 0 Å². The van der Waals surface area contributed by atoms with E-state index >= 15 is 0 Å². The molecule has 0 aliphatic rings. The number of ether oxygens (including phenoxy) is 1. The van der Waals surface area contributed by atoms with Crippen LogP contribution in [0, 0.1) is 0 Å². The SMILES string of the molecule is [B]C(O)(c1cc(O)c(C(F)(F)F)cc1OC)C(C)(N)O. The van der Waals surface area contributed by atoms with Gasteiger partial charge in [0.2, 0.25) is 0 Å². The molecule has 2 unspecified atom stereocenters. The molecular weight excluding hydrogens is 278 g/mol. The number of phenolic OH excluding ortho intramolecular Hbond substituents is 1. The molecule has 20 heavy (non-hydrogen) atoms. The Morgan fingerprint density at radius 2 is 1.70 bits per heavy atom. The first-order valence-corrected chi connectivity index (χ1v) is 5.33. The molecule has 0 spiro atoms. The van der Waals surface area contributed by atoms with E-state index < -0.39 is 40.0 Å². The van der Waals surface area contributed by atoms with Crippen molar-refractivity contribution >= 4 is 7.85 Å². The summed E-state index contributed by atoms with van der Waals surface area (Å²) in [4.78, 5) is 0. The number of nitrogens with two attached hydrogens (primary N) is 1. The van der Waals surface area contributed by atoms with Crippen molar-refractivity contribution in [2.45, 2.75) is 24.3 Å². The maximum atomic E-state index is 12.6. The predicted octanol–water partition coefficient (Wildman–Crippen LogP) is 0.400. The third-order valence-electron chi connectivity index (χ3n) is 2.81. The van der Waals surface area contributed by atoms with Crippen LogP contribution in [-0.4, -0.2) is 36.0 Å². The molecule has 0 heterocycles. The summed E-state index contributed by atoms with van der Waals surface area (Å²) >= 11 is 0. The Hall–Kier alpha value is -1.45. The first-order valence-electron chi connectivity index (χ1n) is 5.33. The smallest absolute Gasteiger partial charge is 0.420 e. The third kappa shape index (κ3) is 2.84. The fraction of sp³-hybridized carbons (Fsp3) is 0.455. The minimum atomic E-state index is -4.83. The molecule has 0 aliphatic heterocycles. The van der Waals surface area contributed by atoms with Gasteiger partial charge in [-0.05, 0) is 19.1 Å². The molecule has 0 aliphatic carbocycles. The van der Waals surface area contributed by atoms with Gasteiger partial charge in [-0.2, -0.15) is 13.2 Å². The van der Waals surface area contributed by atoms with Crippen LogP contribution in [0.5, 0.6) is 11.5 Å².